The van der Waals surface area contributed by atoms with E-state index in [-0.39, 0.29) is 11.4 Å². The molecule has 1 aromatic carbocycles. The number of halogens is 3. The molecule has 2 aromatic heterocycles. The number of benzene rings is 1. The third kappa shape index (κ3) is 2.73. The predicted octanol–water partition coefficient (Wildman–Crippen LogP) is 3.35. The molecule has 26 heavy (non-hydrogen) atoms. The molecule has 1 fully saturated rings. The summed E-state index contributed by atoms with van der Waals surface area (Å²) in [6, 6.07) is 7.80. The molecule has 132 valence electrons. The third-order valence-corrected chi connectivity index (χ3v) is 4.43. The van der Waals surface area contributed by atoms with E-state index in [0.29, 0.717) is 18.5 Å². The summed E-state index contributed by atoms with van der Waals surface area (Å²) in [4.78, 5) is 16.1. The maximum atomic E-state index is 14.1. The number of pyridine rings is 1. The number of hydrogen-bond acceptors (Lipinski definition) is 3. The molecule has 0 atom stereocenters. The number of amides is 1. The minimum absolute atomic E-state index is 0.204. The van der Waals surface area contributed by atoms with Gasteiger partial charge in [-0.1, -0.05) is 6.07 Å². The van der Waals surface area contributed by atoms with Crippen molar-refractivity contribution in [2.75, 3.05) is 5.32 Å². The van der Waals surface area contributed by atoms with Gasteiger partial charge in [-0.3, -0.25) is 4.79 Å². The Kier molecular flexibility index (Phi) is 3.75. The first-order valence-corrected chi connectivity index (χ1v) is 7.93. The Balaban J connectivity index is 1.58. The molecule has 0 saturated heterocycles. The highest BCUT2D eigenvalue weighted by atomic mass is 19.1. The maximum absolute atomic E-state index is 14.1. The molecule has 0 spiro atoms. The fraction of sp³-hybridized carbons (Fsp3) is 0.167. The van der Waals surface area contributed by atoms with Crippen LogP contribution in [0, 0.1) is 17.6 Å². The van der Waals surface area contributed by atoms with E-state index >= 15 is 0 Å². The molecule has 1 aliphatic rings. The van der Waals surface area contributed by atoms with Gasteiger partial charge >= 0.3 is 0 Å². The van der Waals surface area contributed by atoms with Crippen LogP contribution in [0.1, 0.15) is 18.4 Å². The van der Waals surface area contributed by atoms with Crippen molar-refractivity contribution >= 4 is 11.7 Å². The standard InChI is InChI=1S/C18H13F3N4O/c19-12-2-1-3-13(20)16(12)18(6-7-18)17(26)23-15-5-9-25(24-15)11-4-8-22-14(21)10-11/h1-5,8-10H,6-7H2,(H,23,24,26). The highest BCUT2D eigenvalue weighted by Gasteiger charge is 2.54. The average molecular weight is 358 g/mol. The number of carbonyl (C=O) groups excluding carboxylic acids is 1. The highest BCUT2D eigenvalue weighted by Crippen LogP contribution is 2.50. The van der Waals surface area contributed by atoms with Crippen molar-refractivity contribution in [2.24, 2.45) is 0 Å². The molecule has 8 heteroatoms. The van der Waals surface area contributed by atoms with Gasteiger partial charge in [0.1, 0.15) is 11.6 Å². The van der Waals surface area contributed by atoms with Crippen molar-refractivity contribution in [3.63, 3.8) is 0 Å². The lowest BCUT2D eigenvalue weighted by Gasteiger charge is -2.16. The summed E-state index contributed by atoms with van der Waals surface area (Å²) in [6.45, 7) is 0. The summed E-state index contributed by atoms with van der Waals surface area (Å²) >= 11 is 0. The van der Waals surface area contributed by atoms with Crippen LogP contribution in [0.5, 0.6) is 0 Å². The molecule has 5 nitrogen and oxygen atoms in total. The quantitative estimate of drug-likeness (QED) is 0.728. The molecular formula is C18H13F3N4O. The van der Waals surface area contributed by atoms with E-state index < -0.39 is 28.9 Å². The van der Waals surface area contributed by atoms with Crippen LogP contribution >= 0.6 is 0 Å². The molecule has 1 aliphatic carbocycles. The van der Waals surface area contributed by atoms with Gasteiger partial charge in [0, 0.05) is 30.1 Å². The minimum atomic E-state index is -1.22. The molecule has 1 saturated carbocycles. The van der Waals surface area contributed by atoms with Crippen molar-refractivity contribution < 1.29 is 18.0 Å². The third-order valence-electron chi connectivity index (χ3n) is 4.43. The van der Waals surface area contributed by atoms with Crippen molar-refractivity contribution in [1.29, 1.82) is 0 Å². The second-order valence-electron chi connectivity index (χ2n) is 6.12. The molecule has 0 aliphatic heterocycles. The number of rotatable bonds is 4. The summed E-state index contributed by atoms with van der Waals surface area (Å²) < 4.78 is 42.7. The SMILES string of the molecule is O=C(Nc1ccn(-c2ccnc(F)c2)n1)C1(c2c(F)cccc2F)CC1. The topological polar surface area (TPSA) is 59.8 Å². The van der Waals surface area contributed by atoms with E-state index in [9.17, 15) is 18.0 Å². The number of anilines is 1. The Morgan fingerprint density at radius 2 is 1.85 bits per heavy atom. The second-order valence-corrected chi connectivity index (χ2v) is 6.12. The average Bonchev–Trinajstić information content (AvgIpc) is 3.27. The first-order chi connectivity index (χ1) is 12.5. The van der Waals surface area contributed by atoms with E-state index in [2.05, 4.69) is 15.4 Å². The number of aromatic nitrogens is 3. The monoisotopic (exact) mass is 358 g/mol. The Labute approximate surface area is 146 Å². The molecule has 1 N–H and O–H groups in total. The highest BCUT2D eigenvalue weighted by molar-refractivity contribution is 6.00. The predicted molar refractivity (Wildman–Crippen MR) is 87.2 cm³/mol. The lowest BCUT2D eigenvalue weighted by atomic mass is 9.93. The van der Waals surface area contributed by atoms with Gasteiger partial charge in [0.2, 0.25) is 11.9 Å². The van der Waals surface area contributed by atoms with Gasteiger partial charge in [0.05, 0.1) is 11.1 Å². The Morgan fingerprint density at radius 1 is 1.12 bits per heavy atom. The number of carbonyl (C=O) groups is 1. The summed E-state index contributed by atoms with van der Waals surface area (Å²) in [7, 11) is 0. The lowest BCUT2D eigenvalue weighted by Crippen LogP contribution is -2.30. The Morgan fingerprint density at radius 3 is 2.50 bits per heavy atom. The van der Waals surface area contributed by atoms with Gasteiger partial charge in [-0.15, -0.1) is 0 Å². The number of nitrogens with zero attached hydrogens (tertiary/aromatic N) is 3. The summed E-state index contributed by atoms with van der Waals surface area (Å²) in [5.74, 6) is -2.45. The first-order valence-electron chi connectivity index (χ1n) is 7.93. The maximum Gasteiger partial charge on any atom is 0.236 e. The van der Waals surface area contributed by atoms with Crippen LogP contribution in [0.2, 0.25) is 0 Å². The van der Waals surface area contributed by atoms with Gasteiger partial charge in [-0.2, -0.15) is 9.49 Å². The van der Waals surface area contributed by atoms with Gasteiger partial charge < -0.3 is 5.32 Å². The zero-order valence-electron chi connectivity index (χ0n) is 13.4. The fourth-order valence-electron chi connectivity index (χ4n) is 2.98. The van der Waals surface area contributed by atoms with Crippen LogP contribution in [0.3, 0.4) is 0 Å². The van der Waals surface area contributed by atoms with E-state index in [4.69, 9.17) is 0 Å². The van der Waals surface area contributed by atoms with Gasteiger partial charge in [0.15, 0.2) is 5.82 Å². The van der Waals surface area contributed by atoms with E-state index in [1.807, 2.05) is 0 Å². The Hall–Kier alpha value is -3.16. The van der Waals surface area contributed by atoms with E-state index in [1.165, 1.54) is 35.3 Å². The smallest absolute Gasteiger partial charge is 0.236 e. The van der Waals surface area contributed by atoms with Crippen LogP contribution in [0.15, 0.2) is 48.8 Å². The fourth-order valence-corrected chi connectivity index (χ4v) is 2.98. The first kappa shape index (κ1) is 16.3. The number of hydrogen-bond donors (Lipinski definition) is 1. The lowest BCUT2D eigenvalue weighted by molar-refractivity contribution is -0.118. The van der Waals surface area contributed by atoms with Crippen molar-refractivity contribution in [3.05, 3.63) is 71.9 Å². The molecule has 1 amide bonds. The second kappa shape index (κ2) is 5.98. The van der Waals surface area contributed by atoms with Gasteiger partial charge in [0.25, 0.3) is 0 Å². The van der Waals surface area contributed by atoms with Crippen LogP contribution in [-0.2, 0) is 10.2 Å². The minimum Gasteiger partial charge on any atom is -0.308 e. The molecule has 0 bridgehead atoms. The summed E-state index contributed by atoms with van der Waals surface area (Å²) in [5, 5.41) is 6.73. The largest absolute Gasteiger partial charge is 0.308 e. The van der Waals surface area contributed by atoms with Crippen LogP contribution < -0.4 is 5.32 Å². The van der Waals surface area contributed by atoms with E-state index in [1.54, 1.807) is 6.07 Å². The zero-order chi connectivity index (χ0) is 18.3. The molecule has 0 unspecified atom stereocenters. The normalized spacial score (nSPS) is 14.9. The molecule has 4 rings (SSSR count). The summed E-state index contributed by atoms with van der Waals surface area (Å²) in [6.07, 6.45) is 3.54. The summed E-state index contributed by atoms with van der Waals surface area (Å²) in [5.41, 5.74) is -1.01. The van der Waals surface area contributed by atoms with E-state index in [0.717, 1.165) is 12.1 Å². The molecule has 0 radical (unpaired) electrons. The van der Waals surface area contributed by atoms with Crippen molar-refractivity contribution in [3.8, 4) is 5.69 Å². The zero-order valence-corrected chi connectivity index (χ0v) is 13.4. The van der Waals surface area contributed by atoms with Crippen molar-refractivity contribution in [2.45, 2.75) is 18.3 Å². The number of nitrogens with one attached hydrogen (secondary N) is 1. The van der Waals surface area contributed by atoms with Crippen LogP contribution in [0.4, 0.5) is 19.0 Å². The van der Waals surface area contributed by atoms with Gasteiger partial charge in [-0.05, 0) is 31.0 Å². The Bertz CT molecular complexity index is 977. The molecular weight excluding hydrogens is 345 g/mol. The van der Waals surface area contributed by atoms with Crippen LogP contribution in [0.25, 0.3) is 5.69 Å². The van der Waals surface area contributed by atoms with Gasteiger partial charge in [-0.25, -0.2) is 18.4 Å². The van der Waals surface area contributed by atoms with Crippen LogP contribution in [-0.4, -0.2) is 20.7 Å². The van der Waals surface area contributed by atoms with Crippen molar-refractivity contribution in [1.82, 2.24) is 14.8 Å². The molecule has 3 aromatic rings. The molecule has 2 heterocycles.